The molecule has 0 bridgehead atoms. The minimum absolute atomic E-state index is 0.0922. The molecule has 0 aromatic rings. The number of ether oxygens (including phenoxy) is 3. The zero-order chi connectivity index (χ0) is 58.5. The molecule has 0 aliphatic heterocycles. The summed E-state index contributed by atoms with van der Waals surface area (Å²) in [4.78, 5) is 38.4. The fourth-order valence-electron chi connectivity index (χ4n) is 9.34. The maximum Gasteiger partial charge on any atom is 0.306 e. The minimum atomic E-state index is -0.799. The second kappa shape index (κ2) is 68.3. The maximum absolute atomic E-state index is 12.9. The lowest BCUT2D eigenvalue weighted by Crippen LogP contribution is -2.30. The van der Waals surface area contributed by atoms with Crippen LogP contribution in [0, 0.1) is 0 Å². The first kappa shape index (κ1) is 76.8. The van der Waals surface area contributed by atoms with Crippen LogP contribution in [0.2, 0.25) is 0 Å². The van der Waals surface area contributed by atoms with E-state index in [4.69, 9.17) is 14.2 Å². The van der Waals surface area contributed by atoms with Gasteiger partial charge in [-0.05, 0) is 128 Å². The zero-order valence-electron chi connectivity index (χ0n) is 53.0. The van der Waals surface area contributed by atoms with Crippen LogP contribution in [-0.4, -0.2) is 37.2 Å². The first-order chi connectivity index (χ1) is 40.0. The van der Waals surface area contributed by atoms with Gasteiger partial charge in [-0.2, -0.15) is 0 Å². The summed E-state index contributed by atoms with van der Waals surface area (Å²) in [6, 6.07) is 0. The smallest absolute Gasteiger partial charge is 0.306 e. The van der Waals surface area contributed by atoms with Gasteiger partial charge in [-0.1, -0.05) is 290 Å². The molecule has 0 N–H and O–H groups in total. The molecule has 0 aliphatic carbocycles. The average molecular weight is 1120 g/mol. The van der Waals surface area contributed by atoms with E-state index in [0.717, 1.165) is 154 Å². The fraction of sp³-hybridized carbons (Fsp3) is 0.693. The van der Waals surface area contributed by atoms with Gasteiger partial charge in [-0.15, -0.1) is 0 Å². The van der Waals surface area contributed by atoms with Gasteiger partial charge in [0.05, 0.1) is 0 Å². The number of hydrogen-bond acceptors (Lipinski definition) is 6. The standard InChI is InChI=1S/C75H126O6/c1-4-7-10-13-16-19-22-25-27-29-31-33-34-35-36-37-38-39-40-42-43-45-47-50-53-56-59-62-65-68-74(77)80-71-72(70-79-73(76)67-64-61-58-55-52-49-24-21-18-15-12-9-6-3)81-75(78)69-66-63-60-57-54-51-48-46-44-41-32-30-28-26-23-20-17-14-11-8-5-2/h8,11-12,15,17,20-22,24-26,28-29,31-32,34-35,41,46,48,72H,4-7,9-10,13-14,16,18-19,23,27,30,33,36-40,42-45,47,49-71H2,1-3H3/b11-8-,15-12-,20-17-,24-21-,25-22-,28-26-,31-29-,35-34-,41-32-,48-46-. The quantitative estimate of drug-likeness (QED) is 0.0261. The third kappa shape index (κ3) is 66.5. The molecule has 0 fully saturated rings. The van der Waals surface area contributed by atoms with Crippen LogP contribution in [0.5, 0.6) is 0 Å². The molecule has 0 radical (unpaired) electrons. The lowest BCUT2D eigenvalue weighted by molar-refractivity contribution is -0.167. The highest BCUT2D eigenvalue weighted by molar-refractivity contribution is 5.71. The van der Waals surface area contributed by atoms with Crippen molar-refractivity contribution < 1.29 is 28.6 Å². The highest BCUT2D eigenvalue weighted by Crippen LogP contribution is 2.16. The number of carbonyl (C=O) groups is 3. The van der Waals surface area contributed by atoms with Crippen LogP contribution >= 0.6 is 0 Å². The SMILES string of the molecule is CC/C=C\C/C=C\C/C=C\C/C=C\C/C=C\CCCCCCCC(=O)OC(COC(=O)CCCCCCC/C=C\C/C=C\CCC)COC(=O)CCCCCCCCCCCCCCCC/C=C\C/C=C\C/C=C\CCCCCCC. The molecule has 0 spiro atoms. The Morgan fingerprint density at radius 3 is 0.802 bits per heavy atom. The third-order valence-electron chi connectivity index (χ3n) is 14.4. The summed E-state index contributed by atoms with van der Waals surface area (Å²) in [7, 11) is 0. The lowest BCUT2D eigenvalue weighted by atomic mass is 10.0. The molecule has 0 saturated carbocycles. The van der Waals surface area contributed by atoms with E-state index in [2.05, 4.69) is 142 Å². The summed E-state index contributed by atoms with van der Waals surface area (Å²) < 4.78 is 16.9. The first-order valence-electron chi connectivity index (χ1n) is 34.0. The zero-order valence-corrected chi connectivity index (χ0v) is 53.0. The predicted octanol–water partition coefficient (Wildman–Crippen LogP) is 23.6. The molecule has 0 rings (SSSR count). The topological polar surface area (TPSA) is 78.9 Å². The Labute approximate surface area is 501 Å². The Bertz CT molecular complexity index is 1670. The number of carbonyl (C=O) groups excluding carboxylic acids is 3. The molecule has 0 aromatic carbocycles. The Kier molecular flexibility index (Phi) is 64.8. The largest absolute Gasteiger partial charge is 0.462 e. The molecule has 0 saturated heterocycles. The van der Waals surface area contributed by atoms with Gasteiger partial charge in [0.1, 0.15) is 13.2 Å². The minimum Gasteiger partial charge on any atom is -0.462 e. The van der Waals surface area contributed by atoms with Crippen LogP contribution < -0.4 is 0 Å². The van der Waals surface area contributed by atoms with E-state index in [1.807, 2.05) is 0 Å². The molecule has 6 heteroatoms. The molecule has 0 amide bonds. The second-order valence-electron chi connectivity index (χ2n) is 22.3. The van der Waals surface area contributed by atoms with Crippen molar-refractivity contribution in [3.8, 4) is 0 Å². The molecule has 81 heavy (non-hydrogen) atoms. The van der Waals surface area contributed by atoms with E-state index < -0.39 is 6.10 Å². The lowest BCUT2D eigenvalue weighted by Gasteiger charge is -2.18. The first-order valence-corrected chi connectivity index (χ1v) is 34.0. The fourth-order valence-corrected chi connectivity index (χ4v) is 9.34. The van der Waals surface area contributed by atoms with E-state index in [1.165, 1.54) is 122 Å². The monoisotopic (exact) mass is 1120 g/mol. The Hall–Kier alpha value is -4.19. The van der Waals surface area contributed by atoms with Gasteiger partial charge in [-0.3, -0.25) is 14.4 Å². The van der Waals surface area contributed by atoms with Crippen LogP contribution in [0.4, 0.5) is 0 Å². The van der Waals surface area contributed by atoms with E-state index in [-0.39, 0.29) is 31.1 Å². The number of rotatable bonds is 61. The summed E-state index contributed by atoms with van der Waals surface area (Å²) in [6.07, 6.45) is 95.0. The predicted molar refractivity (Wildman–Crippen MR) is 353 cm³/mol. The molecule has 6 nitrogen and oxygen atoms in total. The number of esters is 3. The molecule has 1 atom stereocenters. The molecule has 1 unspecified atom stereocenters. The van der Waals surface area contributed by atoms with Gasteiger partial charge in [0, 0.05) is 19.3 Å². The molecular weight excluding hydrogens is 997 g/mol. The van der Waals surface area contributed by atoms with Crippen molar-refractivity contribution >= 4 is 17.9 Å². The number of unbranched alkanes of at least 4 members (excludes halogenated alkanes) is 30. The van der Waals surface area contributed by atoms with Gasteiger partial charge in [0.15, 0.2) is 6.10 Å². The summed E-state index contributed by atoms with van der Waals surface area (Å²) in [6.45, 7) is 6.44. The molecule has 0 aliphatic rings. The maximum atomic E-state index is 12.9. The molecule has 0 heterocycles. The summed E-state index contributed by atoms with van der Waals surface area (Å²) in [5.74, 6) is -0.920. The van der Waals surface area contributed by atoms with E-state index >= 15 is 0 Å². The normalized spacial score (nSPS) is 12.9. The van der Waals surface area contributed by atoms with Gasteiger partial charge in [-0.25, -0.2) is 0 Å². The molecule has 0 aromatic heterocycles. The van der Waals surface area contributed by atoms with Crippen molar-refractivity contribution in [1.29, 1.82) is 0 Å². The Morgan fingerprint density at radius 2 is 0.506 bits per heavy atom. The summed E-state index contributed by atoms with van der Waals surface area (Å²) in [5.41, 5.74) is 0. The number of hydrogen-bond donors (Lipinski definition) is 0. The van der Waals surface area contributed by atoms with E-state index in [1.54, 1.807) is 0 Å². The van der Waals surface area contributed by atoms with Gasteiger partial charge in [0.25, 0.3) is 0 Å². The van der Waals surface area contributed by atoms with Crippen molar-refractivity contribution in [1.82, 2.24) is 0 Å². The highest BCUT2D eigenvalue weighted by Gasteiger charge is 2.19. The van der Waals surface area contributed by atoms with Crippen LogP contribution in [0.15, 0.2) is 122 Å². The van der Waals surface area contributed by atoms with Gasteiger partial charge < -0.3 is 14.2 Å². The Balaban J connectivity index is 4.31. The number of allylic oxidation sites excluding steroid dienone is 20. The summed E-state index contributed by atoms with van der Waals surface area (Å²) >= 11 is 0. The van der Waals surface area contributed by atoms with E-state index in [0.29, 0.717) is 19.3 Å². The van der Waals surface area contributed by atoms with Crippen LogP contribution in [0.25, 0.3) is 0 Å². The average Bonchev–Trinajstić information content (AvgIpc) is 3.46. The van der Waals surface area contributed by atoms with Crippen LogP contribution in [-0.2, 0) is 28.6 Å². The molecular formula is C75H126O6. The van der Waals surface area contributed by atoms with Crippen molar-refractivity contribution in [3.63, 3.8) is 0 Å². The summed E-state index contributed by atoms with van der Waals surface area (Å²) in [5, 5.41) is 0. The third-order valence-corrected chi connectivity index (χ3v) is 14.4. The molecule has 462 valence electrons. The Morgan fingerprint density at radius 1 is 0.259 bits per heavy atom. The van der Waals surface area contributed by atoms with Gasteiger partial charge in [0.2, 0.25) is 0 Å². The van der Waals surface area contributed by atoms with Crippen LogP contribution in [0.1, 0.15) is 316 Å². The van der Waals surface area contributed by atoms with Gasteiger partial charge >= 0.3 is 17.9 Å². The van der Waals surface area contributed by atoms with Crippen LogP contribution in [0.3, 0.4) is 0 Å². The van der Waals surface area contributed by atoms with Crippen molar-refractivity contribution in [2.75, 3.05) is 13.2 Å². The van der Waals surface area contributed by atoms with Crippen molar-refractivity contribution in [2.45, 2.75) is 322 Å². The second-order valence-corrected chi connectivity index (χ2v) is 22.3. The highest BCUT2D eigenvalue weighted by atomic mass is 16.6. The van der Waals surface area contributed by atoms with E-state index in [9.17, 15) is 14.4 Å². The van der Waals surface area contributed by atoms with Crippen molar-refractivity contribution in [3.05, 3.63) is 122 Å². The van der Waals surface area contributed by atoms with Crippen molar-refractivity contribution in [2.24, 2.45) is 0 Å².